The Balaban J connectivity index is 2.50. The molecule has 0 radical (unpaired) electrons. The smallest absolute Gasteiger partial charge is 0.0462 e. The minimum atomic E-state index is 0.483. The number of aryl methyl sites for hydroxylation is 1. The van der Waals surface area contributed by atoms with Gasteiger partial charge in [-0.15, -0.1) is 0 Å². The normalized spacial score (nSPS) is 13.1. The zero-order valence-corrected chi connectivity index (χ0v) is 9.99. The first-order chi connectivity index (χ1) is 6.79. The van der Waals surface area contributed by atoms with Gasteiger partial charge in [-0.3, -0.25) is 0 Å². The van der Waals surface area contributed by atoms with E-state index in [9.17, 15) is 0 Å². The molecule has 0 amide bonds. The summed E-state index contributed by atoms with van der Waals surface area (Å²) in [6.45, 7) is 3.02. The summed E-state index contributed by atoms with van der Waals surface area (Å²) in [5.74, 6) is 0. The van der Waals surface area contributed by atoms with Gasteiger partial charge in [-0.2, -0.15) is 11.3 Å². The molecule has 0 saturated heterocycles. The molecule has 0 aliphatic rings. The van der Waals surface area contributed by atoms with Gasteiger partial charge in [0, 0.05) is 19.8 Å². The van der Waals surface area contributed by atoms with Gasteiger partial charge >= 0.3 is 0 Å². The molecule has 0 aliphatic carbocycles. The summed E-state index contributed by atoms with van der Waals surface area (Å²) in [6.07, 6.45) is 2.25. The van der Waals surface area contributed by atoms with Crippen molar-refractivity contribution in [1.82, 2.24) is 5.32 Å². The number of ether oxygens (including phenoxy) is 1. The summed E-state index contributed by atoms with van der Waals surface area (Å²) < 4.78 is 5.06. The van der Waals surface area contributed by atoms with E-state index in [0.29, 0.717) is 6.04 Å². The van der Waals surface area contributed by atoms with Crippen LogP contribution in [0.5, 0.6) is 0 Å². The molecule has 1 heterocycles. The second-order valence-electron chi connectivity index (χ2n) is 3.49. The van der Waals surface area contributed by atoms with Crippen LogP contribution in [-0.4, -0.2) is 20.8 Å². The van der Waals surface area contributed by atoms with Gasteiger partial charge in [0.25, 0.3) is 0 Å². The summed E-state index contributed by atoms with van der Waals surface area (Å²) in [4.78, 5) is 0. The van der Waals surface area contributed by atoms with E-state index in [2.05, 4.69) is 23.0 Å². The van der Waals surface area contributed by atoms with E-state index in [1.54, 1.807) is 18.4 Å². The van der Waals surface area contributed by atoms with E-state index >= 15 is 0 Å². The predicted octanol–water partition coefficient (Wildman–Crippen LogP) is 2.74. The maximum Gasteiger partial charge on any atom is 0.0462 e. The molecule has 1 atom stereocenters. The Labute approximate surface area is 90.3 Å². The number of methoxy groups -OCH3 is 1. The molecule has 0 bridgehead atoms. The van der Waals surface area contributed by atoms with Gasteiger partial charge in [-0.25, -0.2) is 0 Å². The lowest BCUT2D eigenvalue weighted by Gasteiger charge is -2.15. The first-order valence-corrected chi connectivity index (χ1v) is 5.92. The first-order valence-electron chi connectivity index (χ1n) is 4.98. The molecule has 1 aromatic rings. The largest absolute Gasteiger partial charge is 0.385 e. The third-order valence-corrected chi connectivity index (χ3v) is 3.34. The van der Waals surface area contributed by atoms with E-state index in [-0.39, 0.29) is 0 Å². The van der Waals surface area contributed by atoms with Crippen molar-refractivity contribution in [3.63, 3.8) is 0 Å². The highest BCUT2D eigenvalue weighted by atomic mass is 32.1. The van der Waals surface area contributed by atoms with Crippen LogP contribution in [0.3, 0.4) is 0 Å². The first kappa shape index (κ1) is 11.7. The molecule has 2 nitrogen and oxygen atoms in total. The number of nitrogens with one attached hydrogen (secondary N) is 1. The lowest BCUT2D eigenvalue weighted by molar-refractivity contribution is 0.189. The number of rotatable bonds is 6. The molecule has 0 spiro atoms. The van der Waals surface area contributed by atoms with Crippen LogP contribution in [0.2, 0.25) is 0 Å². The Kier molecular flexibility index (Phi) is 5.15. The maximum absolute atomic E-state index is 5.06. The van der Waals surface area contributed by atoms with Crippen LogP contribution in [0, 0.1) is 6.92 Å². The van der Waals surface area contributed by atoms with Crippen molar-refractivity contribution in [2.24, 2.45) is 0 Å². The zero-order valence-electron chi connectivity index (χ0n) is 9.17. The van der Waals surface area contributed by atoms with Crippen molar-refractivity contribution in [1.29, 1.82) is 0 Å². The Hall–Kier alpha value is -0.380. The van der Waals surface area contributed by atoms with Gasteiger partial charge in [0.1, 0.15) is 0 Å². The molecule has 1 unspecified atom stereocenters. The van der Waals surface area contributed by atoms with Gasteiger partial charge in [-0.05, 0) is 48.7 Å². The quantitative estimate of drug-likeness (QED) is 0.734. The van der Waals surface area contributed by atoms with Crippen LogP contribution in [0.25, 0.3) is 0 Å². The molecular formula is C11H19NOS. The molecule has 1 aromatic heterocycles. The van der Waals surface area contributed by atoms with Crippen LogP contribution in [0.1, 0.15) is 30.0 Å². The van der Waals surface area contributed by atoms with Crippen molar-refractivity contribution in [2.75, 3.05) is 20.8 Å². The minimum Gasteiger partial charge on any atom is -0.385 e. The molecule has 0 aliphatic heterocycles. The van der Waals surface area contributed by atoms with E-state index in [1.165, 1.54) is 11.1 Å². The lowest BCUT2D eigenvalue weighted by atomic mass is 10.0. The van der Waals surface area contributed by atoms with Crippen LogP contribution in [0.4, 0.5) is 0 Å². The van der Waals surface area contributed by atoms with Crippen LogP contribution in [0.15, 0.2) is 10.8 Å². The lowest BCUT2D eigenvalue weighted by Crippen LogP contribution is -2.17. The number of hydrogen-bond donors (Lipinski definition) is 1. The van der Waals surface area contributed by atoms with E-state index in [0.717, 1.165) is 19.4 Å². The standard InChI is InChI=1S/C11H19NOS/c1-9-7-14-8-10(9)11(12-2)5-4-6-13-3/h7-8,11-12H,4-6H2,1-3H3. The highest BCUT2D eigenvalue weighted by Gasteiger charge is 2.11. The summed E-state index contributed by atoms with van der Waals surface area (Å²) in [5.41, 5.74) is 2.83. The summed E-state index contributed by atoms with van der Waals surface area (Å²) in [7, 11) is 3.78. The fraction of sp³-hybridized carbons (Fsp3) is 0.636. The summed E-state index contributed by atoms with van der Waals surface area (Å²) in [5, 5.41) is 7.80. The molecule has 80 valence electrons. The molecule has 0 aromatic carbocycles. The van der Waals surface area contributed by atoms with Crippen molar-refractivity contribution in [3.8, 4) is 0 Å². The second kappa shape index (κ2) is 6.17. The minimum absolute atomic E-state index is 0.483. The van der Waals surface area contributed by atoms with Gasteiger partial charge in [-0.1, -0.05) is 0 Å². The van der Waals surface area contributed by atoms with Crippen molar-refractivity contribution >= 4 is 11.3 Å². The molecule has 1 rings (SSSR count). The molecule has 0 saturated carbocycles. The van der Waals surface area contributed by atoms with Gasteiger partial charge in [0.2, 0.25) is 0 Å². The van der Waals surface area contributed by atoms with Gasteiger partial charge in [0.15, 0.2) is 0 Å². The SMILES string of the molecule is CNC(CCCOC)c1cscc1C. The van der Waals surface area contributed by atoms with E-state index in [1.807, 2.05) is 7.05 Å². The molecule has 1 N–H and O–H groups in total. The Bertz CT molecular complexity index is 260. The Morgan fingerprint density at radius 1 is 1.50 bits per heavy atom. The molecule has 14 heavy (non-hydrogen) atoms. The van der Waals surface area contributed by atoms with Crippen molar-refractivity contribution < 1.29 is 4.74 Å². The highest BCUT2D eigenvalue weighted by Crippen LogP contribution is 2.24. The van der Waals surface area contributed by atoms with Crippen molar-refractivity contribution in [2.45, 2.75) is 25.8 Å². The summed E-state index contributed by atoms with van der Waals surface area (Å²) in [6, 6.07) is 0.483. The van der Waals surface area contributed by atoms with E-state index < -0.39 is 0 Å². The highest BCUT2D eigenvalue weighted by molar-refractivity contribution is 7.08. The average Bonchev–Trinajstić information content (AvgIpc) is 2.60. The van der Waals surface area contributed by atoms with Crippen molar-refractivity contribution in [3.05, 3.63) is 21.9 Å². The fourth-order valence-corrected chi connectivity index (χ4v) is 2.52. The number of thiophene rings is 1. The van der Waals surface area contributed by atoms with Crippen LogP contribution >= 0.6 is 11.3 Å². The van der Waals surface area contributed by atoms with Gasteiger partial charge in [0.05, 0.1) is 0 Å². The van der Waals surface area contributed by atoms with E-state index in [4.69, 9.17) is 4.74 Å². The fourth-order valence-electron chi connectivity index (χ4n) is 1.61. The molecule has 3 heteroatoms. The average molecular weight is 213 g/mol. The molecular weight excluding hydrogens is 194 g/mol. The topological polar surface area (TPSA) is 21.3 Å². The number of hydrogen-bond acceptors (Lipinski definition) is 3. The Morgan fingerprint density at radius 3 is 2.79 bits per heavy atom. The van der Waals surface area contributed by atoms with Gasteiger partial charge < -0.3 is 10.1 Å². The third kappa shape index (κ3) is 3.08. The molecule has 0 fully saturated rings. The zero-order chi connectivity index (χ0) is 10.4. The monoisotopic (exact) mass is 213 g/mol. The Morgan fingerprint density at radius 2 is 2.29 bits per heavy atom. The van der Waals surface area contributed by atoms with Crippen LogP contribution < -0.4 is 5.32 Å². The maximum atomic E-state index is 5.06. The predicted molar refractivity (Wildman–Crippen MR) is 62.0 cm³/mol. The van der Waals surface area contributed by atoms with Crippen LogP contribution in [-0.2, 0) is 4.74 Å². The second-order valence-corrected chi connectivity index (χ2v) is 4.23. The summed E-state index contributed by atoms with van der Waals surface area (Å²) >= 11 is 1.78. The third-order valence-electron chi connectivity index (χ3n) is 2.46.